The molecule has 22 heavy (non-hydrogen) atoms. The number of ether oxygens (including phenoxy) is 1. The van der Waals surface area contributed by atoms with Crippen molar-refractivity contribution >= 4 is 40.4 Å². The summed E-state index contributed by atoms with van der Waals surface area (Å²) in [6, 6.07) is 8.54. The van der Waals surface area contributed by atoms with Gasteiger partial charge in [0.1, 0.15) is 5.75 Å². The lowest BCUT2D eigenvalue weighted by Gasteiger charge is -2.11. The van der Waals surface area contributed by atoms with Crippen LogP contribution in [0.25, 0.3) is 0 Å². The van der Waals surface area contributed by atoms with Gasteiger partial charge < -0.3 is 15.2 Å². The molecule has 0 bridgehead atoms. The second-order valence-corrected chi connectivity index (χ2v) is 6.36. The first-order chi connectivity index (χ1) is 10.6. The van der Waals surface area contributed by atoms with E-state index >= 15 is 0 Å². The third-order valence-electron chi connectivity index (χ3n) is 2.86. The van der Waals surface area contributed by atoms with Gasteiger partial charge in [-0.15, -0.1) is 11.3 Å². The van der Waals surface area contributed by atoms with E-state index in [9.17, 15) is 9.90 Å². The molecule has 0 spiro atoms. The summed E-state index contributed by atoms with van der Waals surface area (Å²) in [5.41, 5.74) is 0. The molecule has 1 aromatic carbocycles. The van der Waals surface area contributed by atoms with E-state index in [1.807, 2.05) is 17.5 Å². The highest BCUT2D eigenvalue weighted by atomic mass is 35.5. The van der Waals surface area contributed by atoms with E-state index in [4.69, 9.17) is 27.9 Å². The molecule has 0 fully saturated rings. The van der Waals surface area contributed by atoms with Crippen LogP contribution >= 0.6 is 34.5 Å². The number of halogens is 2. The van der Waals surface area contributed by atoms with Gasteiger partial charge >= 0.3 is 0 Å². The smallest absolute Gasteiger partial charge is 0.257 e. The Balaban J connectivity index is 1.70. The minimum atomic E-state index is -0.563. The average Bonchev–Trinajstić information content (AvgIpc) is 3.00. The van der Waals surface area contributed by atoms with Crippen molar-refractivity contribution in [3.05, 3.63) is 50.6 Å². The van der Waals surface area contributed by atoms with Crippen LogP contribution in [0.3, 0.4) is 0 Å². The Morgan fingerprint density at radius 1 is 1.36 bits per heavy atom. The number of aliphatic hydroxyl groups is 1. The summed E-state index contributed by atoms with van der Waals surface area (Å²) in [7, 11) is 0. The molecule has 0 radical (unpaired) electrons. The highest BCUT2D eigenvalue weighted by Crippen LogP contribution is 2.27. The summed E-state index contributed by atoms with van der Waals surface area (Å²) in [6.07, 6.45) is -0.111. The number of thiophene rings is 1. The van der Waals surface area contributed by atoms with E-state index in [0.29, 0.717) is 28.8 Å². The van der Waals surface area contributed by atoms with Gasteiger partial charge in [0.15, 0.2) is 6.61 Å². The average molecular weight is 360 g/mol. The zero-order chi connectivity index (χ0) is 15.9. The Labute approximate surface area is 142 Å². The Bertz CT molecular complexity index is 619. The van der Waals surface area contributed by atoms with Crippen LogP contribution in [0.15, 0.2) is 35.7 Å². The van der Waals surface area contributed by atoms with Crippen molar-refractivity contribution in [3.63, 3.8) is 0 Å². The third-order valence-corrected chi connectivity index (χ3v) is 4.37. The minimum absolute atomic E-state index is 0.142. The monoisotopic (exact) mass is 359 g/mol. The quantitative estimate of drug-likeness (QED) is 0.792. The predicted molar refractivity (Wildman–Crippen MR) is 88.9 cm³/mol. The van der Waals surface area contributed by atoms with Gasteiger partial charge in [0.25, 0.3) is 5.91 Å². The summed E-state index contributed by atoms with van der Waals surface area (Å²) in [5, 5.41) is 15.3. The molecule has 0 aliphatic carbocycles. The van der Waals surface area contributed by atoms with Gasteiger partial charge in [-0.2, -0.15) is 0 Å². The Morgan fingerprint density at radius 3 is 2.86 bits per heavy atom. The predicted octanol–water partition coefficient (Wildman–Crippen LogP) is 3.67. The van der Waals surface area contributed by atoms with E-state index in [1.165, 1.54) is 11.3 Å². The normalized spacial score (nSPS) is 12.0. The lowest BCUT2D eigenvalue weighted by molar-refractivity contribution is -0.123. The van der Waals surface area contributed by atoms with Crippen LogP contribution in [-0.2, 0) is 4.79 Å². The maximum atomic E-state index is 11.7. The molecule has 1 atom stereocenters. The van der Waals surface area contributed by atoms with Crippen molar-refractivity contribution in [1.82, 2.24) is 5.32 Å². The molecule has 2 aromatic rings. The van der Waals surface area contributed by atoms with Crippen LogP contribution in [0.5, 0.6) is 5.75 Å². The molecule has 4 nitrogen and oxygen atoms in total. The molecule has 1 aromatic heterocycles. The highest BCUT2D eigenvalue weighted by Gasteiger charge is 2.10. The SMILES string of the molecule is O=C(COc1ccc(Cl)cc1Cl)NCCC(O)c1cccs1. The minimum Gasteiger partial charge on any atom is -0.482 e. The molecular formula is C15H15Cl2NO3S. The lowest BCUT2D eigenvalue weighted by atomic mass is 10.2. The number of hydrogen-bond acceptors (Lipinski definition) is 4. The van der Waals surface area contributed by atoms with Gasteiger partial charge in [-0.05, 0) is 36.1 Å². The third kappa shape index (κ3) is 5.18. The van der Waals surface area contributed by atoms with Crippen LogP contribution < -0.4 is 10.1 Å². The van der Waals surface area contributed by atoms with E-state index < -0.39 is 6.10 Å². The van der Waals surface area contributed by atoms with Crippen LogP contribution in [0.4, 0.5) is 0 Å². The Morgan fingerprint density at radius 2 is 2.18 bits per heavy atom. The summed E-state index contributed by atoms with van der Waals surface area (Å²) < 4.78 is 5.32. The number of hydrogen-bond donors (Lipinski definition) is 2. The topological polar surface area (TPSA) is 58.6 Å². The van der Waals surface area contributed by atoms with Crippen LogP contribution in [0.2, 0.25) is 10.0 Å². The van der Waals surface area contributed by atoms with Gasteiger partial charge in [0, 0.05) is 16.4 Å². The first-order valence-corrected chi connectivity index (χ1v) is 8.26. The molecule has 118 valence electrons. The number of nitrogens with one attached hydrogen (secondary N) is 1. The van der Waals surface area contributed by atoms with Crippen molar-refractivity contribution in [3.8, 4) is 5.75 Å². The van der Waals surface area contributed by atoms with Crippen LogP contribution in [0.1, 0.15) is 17.4 Å². The van der Waals surface area contributed by atoms with E-state index in [2.05, 4.69) is 5.32 Å². The number of carbonyl (C=O) groups is 1. The first-order valence-electron chi connectivity index (χ1n) is 6.62. The second kappa shape index (κ2) is 8.39. The van der Waals surface area contributed by atoms with E-state index in [-0.39, 0.29) is 12.5 Å². The number of benzene rings is 1. The number of carbonyl (C=O) groups excluding carboxylic acids is 1. The largest absolute Gasteiger partial charge is 0.482 e. The van der Waals surface area contributed by atoms with Gasteiger partial charge in [-0.1, -0.05) is 29.3 Å². The van der Waals surface area contributed by atoms with Crippen molar-refractivity contribution in [1.29, 1.82) is 0 Å². The maximum Gasteiger partial charge on any atom is 0.257 e. The fourth-order valence-corrected chi connectivity index (χ4v) is 2.97. The molecule has 1 heterocycles. The summed E-state index contributed by atoms with van der Waals surface area (Å²) >= 11 is 13.2. The van der Waals surface area contributed by atoms with Gasteiger partial charge in [0.05, 0.1) is 11.1 Å². The standard InChI is InChI=1S/C15H15Cl2NO3S/c16-10-3-4-13(11(17)8-10)21-9-15(20)18-6-5-12(19)14-2-1-7-22-14/h1-4,7-8,12,19H,5-6,9H2,(H,18,20). The fourth-order valence-electron chi connectivity index (χ4n) is 1.76. The molecule has 0 saturated heterocycles. The zero-order valence-electron chi connectivity index (χ0n) is 11.6. The van der Waals surface area contributed by atoms with E-state index in [1.54, 1.807) is 18.2 Å². The molecule has 2 rings (SSSR count). The van der Waals surface area contributed by atoms with Gasteiger partial charge in [-0.25, -0.2) is 0 Å². The van der Waals surface area contributed by atoms with Gasteiger partial charge in [-0.3, -0.25) is 4.79 Å². The van der Waals surface area contributed by atoms with Crippen LogP contribution in [-0.4, -0.2) is 24.2 Å². The van der Waals surface area contributed by atoms with Crippen molar-refractivity contribution < 1.29 is 14.6 Å². The van der Waals surface area contributed by atoms with Gasteiger partial charge in [0.2, 0.25) is 0 Å². The number of rotatable bonds is 7. The Hall–Kier alpha value is -1.27. The molecule has 0 saturated carbocycles. The number of aliphatic hydroxyl groups excluding tert-OH is 1. The molecular weight excluding hydrogens is 345 g/mol. The molecule has 7 heteroatoms. The molecule has 0 aliphatic rings. The first kappa shape index (κ1) is 17.1. The lowest BCUT2D eigenvalue weighted by Crippen LogP contribution is -2.30. The van der Waals surface area contributed by atoms with E-state index in [0.717, 1.165) is 4.88 Å². The molecule has 1 amide bonds. The molecule has 2 N–H and O–H groups in total. The number of amides is 1. The second-order valence-electron chi connectivity index (χ2n) is 4.53. The maximum absolute atomic E-state index is 11.7. The summed E-state index contributed by atoms with van der Waals surface area (Å²) in [4.78, 5) is 12.6. The highest BCUT2D eigenvalue weighted by molar-refractivity contribution is 7.10. The summed E-state index contributed by atoms with van der Waals surface area (Å²) in [6.45, 7) is 0.228. The van der Waals surface area contributed by atoms with Crippen molar-refractivity contribution in [2.45, 2.75) is 12.5 Å². The van der Waals surface area contributed by atoms with Crippen LogP contribution in [0, 0.1) is 0 Å². The Kier molecular flexibility index (Phi) is 6.51. The van der Waals surface area contributed by atoms with Crippen molar-refractivity contribution in [2.24, 2.45) is 0 Å². The zero-order valence-corrected chi connectivity index (χ0v) is 13.9. The summed E-state index contributed by atoms with van der Waals surface area (Å²) in [5.74, 6) is 0.129. The molecule has 1 unspecified atom stereocenters. The fraction of sp³-hybridized carbons (Fsp3) is 0.267. The van der Waals surface area contributed by atoms with Crippen molar-refractivity contribution in [2.75, 3.05) is 13.2 Å². The molecule has 0 aliphatic heterocycles.